The molecule has 5 rings (SSSR count). The number of pyridine rings is 1. The third kappa shape index (κ3) is 2.48. The fourth-order valence-electron chi connectivity index (χ4n) is 4.56. The van der Waals surface area contributed by atoms with Crippen LogP contribution >= 0.6 is 0 Å². The molecule has 1 saturated heterocycles. The van der Waals surface area contributed by atoms with Crippen LogP contribution in [0.3, 0.4) is 0 Å². The Morgan fingerprint density at radius 2 is 2.00 bits per heavy atom. The van der Waals surface area contributed by atoms with Gasteiger partial charge in [-0.3, -0.25) is 14.2 Å². The lowest BCUT2D eigenvalue weighted by Gasteiger charge is -2.24. The van der Waals surface area contributed by atoms with Gasteiger partial charge < -0.3 is 15.4 Å². The summed E-state index contributed by atoms with van der Waals surface area (Å²) in [6.45, 7) is 0.270. The van der Waals surface area contributed by atoms with Gasteiger partial charge in [-0.2, -0.15) is 0 Å². The van der Waals surface area contributed by atoms with Gasteiger partial charge in [-0.15, -0.1) is 0 Å². The van der Waals surface area contributed by atoms with E-state index in [-0.39, 0.29) is 41.9 Å². The summed E-state index contributed by atoms with van der Waals surface area (Å²) in [5.74, 6) is -0.975. The van der Waals surface area contributed by atoms with Crippen LogP contribution in [0, 0.1) is 11.7 Å². The highest BCUT2D eigenvalue weighted by Crippen LogP contribution is 2.48. The summed E-state index contributed by atoms with van der Waals surface area (Å²) in [4.78, 5) is 28.6. The van der Waals surface area contributed by atoms with Crippen molar-refractivity contribution in [3.8, 4) is 5.75 Å². The SMILES string of the molecule is COc1c(N2CC(F)C(C3(N)CC3)C2)c(F)cn2c(=O)[nH]c(=O)c(C3CC3)c12. The van der Waals surface area contributed by atoms with Crippen LogP contribution in [0.2, 0.25) is 0 Å². The van der Waals surface area contributed by atoms with Gasteiger partial charge in [0.15, 0.2) is 11.6 Å². The molecule has 2 unspecified atom stereocenters. The Kier molecular flexibility index (Phi) is 3.65. The third-order valence-electron chi connectivity index (χ3n) is 6.40. The number of anilines is 1. The second kappa shape index (κ2) is 5.79. The van der Waals surface area contributed by atoms with Gasteiger partial charge in [0.2, 0.25) is 0 Å². The summed E-state index contributed by atoms with van der Waals surface area (Å²) in [6, 6.07) is 0. The summed E-state index contributed by atoms with van der Waals surface area (Å²) < 4.78 is 36.4. The Labute approximate surface area is 159 Å². The first-order valence-corrected chi connectivity index (χ1v) is 9.57. The van der Waals surface area contributed by atoms with Crippen LogP contribution in [0.5, 0.6) is 5.75 Å². The van der Waals surface area contributed by atoms with Gasteiger partial charge in [-0.05, 0) is 31.6 Å². The van der Waals surface area contributed by atoms with E-state index in [1.807, 2.05) is 0 Å². The summed E-state index contributed by atoms with van der Waals surface area (Å²) in [5.41, 5.74) is 5.25. The van der Waals surface area contributed by atoms with E-state index in [9.17, 15) is 14.0 Å². The Morgan fingerprint density at radius 1 is 1.29 bits per heavy atom. The monoisotopic (exact) mass is 392 g/mol. The van der Waals surface area contributed by atoms with Crippen molar-refractivity contribution in [2.45, 2.75) is 43.3 Å². The van der Waals surface area contributed by atoms with Crippen LogP contribution in [0.1, 0.15) is 37.2 Å². The molecule has 0 amide bonds. The Bertz CT molecular complexity index is 1090. The van der Waals surface area contributed by atoms with Crippen molar-refractivity contribution >= 4 is 11.2 Å². The van der Waals surface area contributed by atoms with Gasteiger partial charge in [0, 0.05) is 30.1 Å². The van der Waals surface area contributed by atoms with E-state index in [4.69, 9.17) is 10.5 Å². The summed E-state index contributed by atoms with van der Waals surface area (Å²) in [5, 5.41) is 0. The lowest BCUT2D eigenvalue weighted by Crippen LogP contribution is -2.38. The molecule has 3 aliphatic rings. The van der Waals surface area contributed by atoms with Crippen molar-refractivity contribution in [3.05, 3.63) is 38.4 Å². The lowest BCUT2D eigenvalue weighted by molar-refractivity contribution is 0.243. The number of halogens is 2. The first-order valence-electron chi connectivity index (χ1n) is 9.57. The van der Waals surface area contributed by atoms with E-state index >= 15 is 4.39 Å². The van der Waals surface area contributed by atoms with Crippen molar-refractivity contribution in [2.75, 3.05) is 25.1 Å². The number of alkyl halides is 1. The fourth-order valence-corrected chi connectivity index (χ4v) is 4.56. The van der Waals surface area contributed by atoms with Crippen molar-refractivity contribution < 1.29 is 13.5 Å². The normalized spacial score (nSPS) is 26.1. The van der Waals surface area contributed by atoms with Crippen LogP contribution in [-0.2, 0) is 0 Å². The number of rotatable bonds is 4. The standard InChI is InChI=1S/C19H22F2N4O3/c1-28-16-14(24-6-10(11(20)7-24)19(22)4-5-19)12(21)8-25-15(16)13(9-2-3-9)17(26)23-18(25)27/h8-11H,2-7,22H2,1H3,(H,23,26,27). The molecule has 1 aliphatic heterocycles. The van der Waals surface area contributed by atoms with E-state index in [2.05, 4.69) is 4.98 Å². The highest BCUT2D eigenvalue weighted by Gasteiger charge is 2.53. The minimum atomic E-state index is -1.17. The number of nitrogens with zero attached hydrogens (tertiary/aromatic N) is 2. The zero-order valence-corrected chi connectivity index (χ0v) is 15.5. The van der Waals surface area contributed by atoms with E-state index in [0.29, 0.717) is 5.56 Å². The topological polar surface area (TPSA) is 92.8 Å². The molecule has 3 fully saturated rings. The molecule has 0 radical (unpaired) electrons. The van der Waals surface area contributed by atoms with Crippen molar-refractivity contribution in [3.63, 3.8) is 0 Å². The molecule has 2 atom stereocenters. The molecule has 0 aromatic carbocycles. The molecule has 3 heterocycles. The van der Waals surface area contributed by atoms with Crippen molar-refractivity contribution in [2.24, 2.45) is 11.7 Å². The zero-order chi connectivity index (χ0) is 19.8. The van der Waals surface area contributed by atoms with Crippen molar-refractivity contribution in [1.29, 1.82) is 0 Å². The number of aromatic amines is 1. The number of aromatic nitrogens is 2. The maximum atomic E-state index is 15.1. The number of ether oxygens (including phenoxy) is 1. The molecule has 2 aromatic rings. The number of hydrogen-bond acceptors (Lipinski definition) is 5. The molecule has 0 bridgehead atoms. The molecule has 7 nitrogen and oxygen atoms in total. The molecule has 2 aliphatic carbocycles. The molecule has 28 heavy (non-hydrogen) atoms. The maximum absolute atomic E-state index is 15.1. The van der Waals surface area contributed by atoms with Crippen LogP contribution < -0.4 is 26.6 Å². The largest absolute Gasteiger partial charge is 0.492 e. The fraction of sp³-hybridized carbons (Fsp3) is 0.579. The lowest BCUT2D eigenvalue weighted by atomic mass is 9.96. The van der Waals surface area contributed by atoms with Crippen LogP contribution in [0.15, 0.2) is 15.8 Å². The van der Waals surface area contributed by atoms with E-state index in [0.717, 1.165) is 36.3 Å². The maximum Gasteiger partial charge on any atom is 0.333 e. The second-order valence-electron chi connectivity index (χ2n) is 8.29. The third-order valence-corrected chi connectivity index (χ3v) is 6.40. The summed E-state index contributed by atoms with van der Waals surface area (Å²) >= 11 is 0. The highest BCUT2D eigenvalue weighted by molar-refractivity contribution is 5.78. The molecule has 150 valence electrons. The number of H-pyrrole nitrogens is 1. The van der Waals surface area contributed by atoms with Crippen LogP contribution in [-0.4, -0.2) is 41.3 Å². The van der Waals surface area contributed by atoms with E-state index < -0.39 is 28.8 Å². The number of nitrogens with one attached hydrogen (secondary N) is 1. The van der Waals surface area contributed by atoms with Crippen LogP contribution in [0.25, 0.3) is 5.52 Å². The highest BCUT2D eigenvalue weighted by atomic mass is 19.1. The summed E-state index contributed by atoms with van der Waals surface area (Å²) in [7, 11) is 1.37. The molecule has 2 saturated carbocycles. The number of hydrogen-bond donors (Lipinski definition) is 2. The molecule has 3 N–H and O–H groups in total. The average Bonchev–Trinajstić information content (AvgIpc) is 3.56. The minimum Gasteiger partial charge on any atom is -0.492 e. The predicted molar refractivity (Wildman–Crippen MR) is 99.5 cm³/mol. The van der Waals surface area contributed by atoms with Gasteiger partial charge >= 0.3 is 5.69 Å². The molecule has 0 spiro atoms. The van der Waals surface area contributed by atoms with Crippen LogP contribution in [0.4, 0.5) is 14.5 Å². The Hall–Kier alpha value is -2.42. The van der Waals surface area contributed by atoms with Gasteiger partial charge in [-0.1, -0.05) is 0 Å². The van der Waals surface area contributed by atoms with Gasteiger partial charge in [0.25, 0.3) is 5.56 Å². The Morgan fingerprint density at radius 3 is 2.61 bits per heavy atom. The zero-order valence-electron chi connectivity index (χ0n) is 15.5. The Balaban J connectivity index is 1.72. The first-order chi connectivity index (χ1) is 13.3. The molecule has 9 heteroatoms. The minimum absolute atomic E-state index is 0.000739. The van der Waals surface area contributed by atoms with Gasteiger partial charge in [0.05, 0.1) is 13.3 Å². The molecular weight excluding hydrogens is 370 g/mol. The average molecular weight is 392 g/mol. The van der Waals surface area contributed by atoms with Gasteiger partial charge in [0.1, 0.15) is 17.4 Å². The molecule has 2 aromatic heterocycles. The van der Waals surface area contributed by atoms with Gasteiger partial charge in [-0.25, -0.2) is 13.6 Å². The van der Waals surface area contributed by atoms with E-state index in [1.165, 1.54) is 7.11 Å². The summed E-state index contributed by atoms with van der Waals surface area (Å²) in [6.07, 6.45) is 3.05. The predicted octanol–water partition coefficient (Wildman–Crippen LogP) is 1.28. The van der Waals surface area contributed by atoms with E-state index in [1.54, 1.807) is 4.90 Å². The van der Waals surface area contributed by atoms with Crippen molar-refractivity contribution in [1.82, 2.24) is 9.38 Å². The molecular formula is C19H22F2N4O3. The first kappa shape index (κ1) is 17.7. The second-order valence-corrected chi connectivity index (χ2v) is 8.29. The number of nitrogens with two attached hydrogens (primary N) is 1. The smallest absolute Gasteiger partial charge is 0.333 e. The number of methoxy groups -OCH3 is 1. The quantitative estimate of drug-likeness (QED) is 0.818. The number of fused-ring (bicyclic) bond motifs is 1.